The molecule has 1 aliphatic carbocycles. The van der Waals surface area contributed by atoms with E-state index in [-0.39, 0.29) is 12.5 Å². The molecule has 104 valence electrons. The van der Waals surface area contributed by atoms with Crippen LogP contribution in [0.1, 0.15) is 29.6 Å². The van der Waals surface area contributed by atoms with Crippen molar-refractivity contribution in [2.75, 3.05) is 12.3 Å². The summed E-state index contributed by atoms with van der Waals surface area (Å²) in [5.74, 6) is -2.43. The van der Waals surface area contributed by atoms with Crippen LogP contribution in [0.15, 0.2) is 12.1 Å². The van der Waals surface area contributed by atoms with Gasteiger partial charge in [-0.05, 0) is 25.0 Å². The number of carbonyl (C=O) groups excluding carboxylic acids is 1. The summed E-state index contributed by atoms with van der Waals surface area (Å²) in [5.41, 5.74) is 4.46. The monoisotopic (exact) mass is 270 g/mol. The standard InChI is InChI=1S/C13H16F2N2O2/c14-8-4-9(12(15)10(16)5-8)13(19)17-6-7-2-1-3-11(7)18/h4-5,7,11,18H,1-3,6,16H2,(H,17,19). The molecular formula is C13H16F2N2O2. The summed E-state index contributed by atoms with van der Waals surface area (Å²) in [5, 5.41) is 12.1. The molecule has 1 aliphatic rings. The highest BCUT2D eigenvalue weighted by atomic mass is 19.1. The topological polar surface area (TPSA) is 75.4 Å². The number of halogens is 2. The van der Waals surface area contributed by atoms with Gasteiger partial charge in [0, 0.05) is 12.5 Å². The van der Waals surface area contributed by atoms with Crippen LogP contribution >= 0.6 is 0 Å². The maximum atomic E-state index is 13.6. The average Bonchev–Trinajstić information content (AvgIpc) is 2.76. The summed E-state index contributed by atoms with van der Waals surface area (Å²) in [7, 11) is 0. The van der Waals surface area contributed by atoms with Crippen LogP contribution in [0.5, 0.6) is 0 Å². The molecule has 0 radical (unpaired) electrons. The lowest BCUT2D eigenvalue weighted by Gasteiger charge is -2.15. The second-order valence-corrected chi connectivity index (χ2v) is 4.82. The van der Waals surface area contributed by atoms with Crippen LogP contribution in [0.25, 0.3) is 0 Å². The van der Waals surface area contributed by atoms with Gasteiger partial charge in [-0.25, -0.2) is 8.78 Å². The first kappa shape index (κ1) is 13.7. The number of hydrogen-bond acceptors (Lipinski definition) is 3. The second kappa shape index (κ2) is 5.52. The maximum Gasteiger partial charge on any atom is 0.254 e. The largest absolute Gasteiger partial charge is 0.396 e. The fraction of sp³-hybridized carbons (Fsp3) is 0.462. The highest BCUT2D eigenvalue weighted by molar-refractivity contribution is 5.95. The molecule has 1 aromatic rings. The minimum Gasteiger partial charge on any atom is -0.396 e. The van der Waals surface area contributed by atoms with Gasteiger partial charge in [0.1, 0.15) is 5.82 Å². The molecule has 1 amide bonds. The minimum atomic E-state index is -0.925. The average molecular weight is 270 g/mol. The number of hydrogen-bond donors (Lipinski definition) is 3. The van der Waals surface area contributed by atoms with E-state index in [2.05, 4.69) is 5.32 Å². The number of amides is 1. The van der Waals surface area contributed by atoms with Gasteiger partial charge < -0.3 is 16.2 Å². The van der Waals surface area contributed by atoms with E-state index in [0.717, 1.165) is 25.0 Å². The van der Waals surface area contributed by atoms with E-state index in [9.17, 15) is 18.7 Å². The number of nitrogens with two attached hydrogens (primary N) is 1. The molecule has 19 heavy (non-hydrogen) atoms. The fourth-order valence-electron chi connectivity index (χ4n) is 2.35. The highest BCUT2D eigenvalue weighted by Crippen LogP contribution is 2.25. The molecule has 0 spiro atoms. The molecule has 4 N–H and O–H groups in total. The number of nitrogen functional groups attached to an aromatic ring is 1. The third kappa shape index (κ3) is 3.01. The summed E-state index contributed by atoms with van der Waals surface area (Å²) < 4.78 is 26.7. The van der Waals surface area contributed by atoms with Crippen molar-refractivity contribution < 1.29 is 18.7 Å². The molecule has 6 heteroatoms. The van der Waals surface area contributed by atoms with Crippen molar-refractivity contribution >= 4 is 11.6 Å². The SMILES string of the molecule is Nc1cc(F)cc(C(=O)NCC2CCCC2O)c1F. The van der Waals surface area contributed by atoms with Gasteiger partial charge in [0.25, 0.3) is 5.91 Å². The van der Waals surface area contributed by atoms with Crippen molar-refractivity contribution in [2.45, 2.75) is 25.4 Å². The number of benzene rings is 1. The van der Waals surface area contributed by atoms with Crippen molar-refractivity contribution in [1.29, 1.82) is 0 Å². The summed E-state index contributed by atoms with van der Waals surface area (Å²) in [6.07, 6.45) is 1.99. The highest BCUT2D eigenvalue weighted by Gasteiger charge is 2.26. The van der Waals surface area contributed by atoms with Gasteiger partial charge in [-0.2, -0.15) is 0 Å². The summed E-state index contributed by atoms with van der Waals surface area (Å²) >= 11 is 0. The predicted molar refractivity (Wildman–Crippen MR) is 66.5 cm³/mol. The van der Waals surface area contributed by atoms with E-state index >= 15 is 0 Å². The maximum absolute atomic E-state index is 13.6. The van der Waals surface area contributed by atoms with Crippen LogP contribution in [-0.4, -0.2) is 23.7 Å². The van der Waals surface area contributed by atoms with Crippen LogP contribution in [0.4, 0.5) is 14.5 Å². The number of carbonyl (C=O) groups is 1. The number of aliphatic hydroxyl groups is 1. The van der Waals surface area contributed by atoms with Crippen LogP contribution in [0.3, 0.4) is 0 Å². The van der Waals surface area contributed by atoms with E-state index in [1.54, 1.807) is 0 Å². The van der Waals surface area contributed by atoms with Crippen molar-refractivity contribution in [1.82, 2.24) is 5.32 Å². The summed E-state index contributed by atoms with van der Waals surface area (Å²) in [4.78, 5) is 11.8. The molecule has 2 unspecified atom stereocenters. The van der Waals surface area contributed by atoms with Crippen LogP contribution < -0.4 is 11.1 Å². The molecule has 1 aromatic carbocycles. The van der Waals surface area contributed by atoms with Crippen LogP contribution in [-0.2, 0) is 0 Å². The van der Waals surface area contributed by atoms with Gasteiger partial charge in [-0.3, -0.25) is 4.79 Å². The summed E-state index contributed by atoms with van der Waals surface area (Å²) in [6.45, 7) is 0.246. The molecule has 0 aliphatic heterocycles. The summed E-state index contributed by atoms with van der Waals surface area (Å²) in [6, 6.07) is 1.64. The Hall–Kier alpha value is -1.69. The van der Waals surface area contributed by atoms with Crippen LogP contribution in [0, 0.1) is 17.6 Å². The first-order chi connectivity index (χ1) is 8.99. The van der Waals surface area contributed by atoms with Gasteiger partial charge in [0.05, 0.1) is 17.4 Å². The zero-order chi connectivity index (χ0) is 14.0. The molecule has 0 saturated heterocycles. The minimum absolute atomic E-state index is 0.0297. The van der Waals surface area contributed by atoms with E-state index in [1.165, 1.54) is 0 Å². The third-order valence-corrected chi connectivity index (χ3v) is 3.45. The predicted octanol–water partition coefficient (Wildman–Crippen LogP) is 1.44. The fourth-order valence-corrected chi connectivity index (χ4v) is 2.35. The normalized spacial score (nSPS) is 22.5. The van der Waals surface area contributed by atoms with Crippen molar-refractivity contribution in [3.63, 3.8) is 0 Å². The Morgan fingerprint density at radius 2 is 2.16 bits per heavy atom. The quantitative estimate of drug-likeness (QED) is 0.727. The Morgan fingerprint density at radius 3 is 2.79 bits per heavy atom. The molecule has 4 nitrogen and oxygen atoms in total. The van der Waals surface area contributed by atoms with E-state index in [1.807, 2.05) is 0 Å². The van der Waals surface area contributed by atoms with Crippen molar-refractivity contribution in [3.05, 3.63) is 29.3 Å². The Kier molecular flexibility index (Phi) is 3.99. The second-order valence-electron chi connectivity index (χ2n) is 4.82. The number of rotatable bonds is 3. The smallest absolute Gasteiger partial charge is 0.254 e. The zero-order valence-corrected chi connectivity index (χ0v) is 10.3. The molecule has 0 aromatic heterocycles. The van der Waals surface area contributed by atoms with Gasteiger partial charge in [0.2, 0.25) is 0 Å². The van der Waals surface area contributed by atoms with E-state index < -0.39 is 34.9 Å². The molecule has 1 saturated carbocycles. The van der Waals surface area contributed by atoms with Crippen molar-refractivity contribution in [2.24, 2.45) is 5.92 Å². The van der Waals surface area contributed by atoms with E-state index in [4.69, 9.17) is 5.73 Å². The zero-order valence-electron chi connectivity index (χ0n) is 10.3. The van der Waals surface area contributed by atoms with Crippen LogP contribution in [0.2, 0.25) is 0 Å². The van der Waals surface area contributed by atoms with Gasteiger partial charge >= 0.3 is 0 Å². The lowest BCUT2D eigenvalue weighted by Crippen LogP contribution is -2.33. The first-order valence-electron chi connectivity index (χ1n) is 6.20. The Labute approximate surface area is 109 Å². The van der Waals surface area contributed by atoms with Gasteiger partial charge in [0.15, 0.2) is 5.82 Å². The molecular weight excluding hydrogens is 254 g/mol. The van der Waals surface area contributed by atoms with Gasteiger partial charge in [-0.1, -0.05) is 6.42 Å². The lowest BCUT2D eigenvalue weighted by atomic mass is 10.1. The lowest BCUT2D eigenvalue weighted by molar-refractivity contribution is 0.0912. The Morgan fingerprint density at radius 1 is 1.42 bits per heavy atom. The third-order valence-electron chi connectivity index (χ3n) is 3.45. The van der Waals surface area contributed by atoms with E-state index in [0.29, 0.717) is 6.42 Å². The molecule has 0 heterocycles. The molecule has 2 atom stereocenters. The first-order valence-corrected chi connectivity index (χ1v) is 6.20. The Balaban J connectivity index is 2.04. The molecule has 2 rings (SSSR count). The number of nitrogens with one attached hydrogen (secondary N) is 1. The molecule has 1 fully saturated rings. The number of aliphatic hydroxyl groups excluding tert-OH is 1. The van der Waals surface area contributed by atoms with Gasteiger partial charge in [-0.15, -0.1) is 0 Å². The molecule has 0 bridgehead atoms. The Bertz CT molecular complexity index is 494. The van der Waals surface area contributed by atoms with Crippen molar-refractivity contribution in [3.8, 4) is 0 Å². The number of anilines is 1.